The van der Waals surface area contributed by atoms with Crippen LogP contribution in [0.1, 0.15) is 18.1 Å². The largest absolute Gasteiger partial charge is 0.494 e. The third-order valence-electron chi connectivity index (χ3n) is 5.78. The molecule has 1 N–H and O–H groups in total. The molecule has 0 fully saturated rings. The Balaban J connectivity index is 1.69. The number of nitriles is 1. The number of anilines is 2. The molecule has 4 aromatic rings. The zero-order chi connectivity index (χ0) is 27.8. The maximum Gasteiger partial charge on any atom is 0.159 e. The molecular formula is C31H29ClN4O3. The Morgan fingerprint density at radius 1 is 1.13 bits per heavy atom. The van der Waals surface area contributed by atoms with Crippen LogP contribution in [0.5, 0.6) is 17.2 Å². The zero-order valence-corrected chi connectivity index (χ0v) is 22.8. The summed E-state index contributed by atoms with van der Waals surface area (Å²) in [7, 11) is 3.88. The van der Waals surface area contributed by atoms with E-state index in [1.165, 1.54) is 6.20 Å². The Bertz CT molecular complexity index is 1550. The number of ketones is 1. The van der Waals surface area contributed by atoms with Gasteiger partial charge in [0.25, 0.3) is 0 Å². The molecular weight excluding hydrogens is 512 g/mol. The van der Waals surface area contributed by atoms with E-state index in [0.29, 0.717) is 68.8 Å². The number of nitrogens with one attached hydrogen (secondary N) is 1. The van der Waals surface area contributed by atoms with Crippen LogP contribution in [0.25, 0.3) is 10.9 Å². The molecule has 198 valence electrons. The number of pyridine rings is 1. The van der Waals surface area contributed by atoms with Gasteiger partial charge in [0.05, 0.1) is 28.4 Å². The van der Waals surface area contributed by atoms with Gasteiger partial charge in [-0.25, -0.2) is 0 Å². The van der Waals surface area contributed by atoms with Crippen LogP contribution < -0.4 is 14.8 Å². The molecule has 1 aromatic heterocycles. The lowest BCUT2D eigenvalue weighted by Gasteiger charge is -2.16. The second-order valence-electron chi connectivity index (χ2n) is 9.06. The third-order valence-corrected chi connectivity index (χ3v) is 6.08. The van der Waals surface area contributed by atoms with Gasteiger partial charge in [-0.2, -0.15) is 5.26 Å². The monoisotopic (exact) mass is 540 g/mol. The minimum atomic E-state index is -0.0446. The molecule has 39 heavy (non-hydrogen) atoms. The molecule has 0 amide bonds. The number of carbonyl (C=O) groups is 1. The van der Waals surface area contributed by atoms with Gasteiger partial charge in [0.1, 0.15) is 23.3 Å². The van der Waals surface area contributed by atoms with E-state index >= 15 is 0 Å². The predicted molar refractivity (Wildman–Crippen MR) is 155 cm³/mol. The number of allylic oxidation sites excluding steroid dienone is 1. The first kappa shape index (κ1) is 27.6. The molecule has 0 saturated carbocycles. The average molecular weight is 541 g/mol. The molecule has 1 heterocycles. The highest BCUT2D eigenvalue weighted by atomic mass is 35.5. The van der Waals surface area contributed by atoms with Gasteiger partial charge in [0, 0.05) is 41.9 Å². The fourth-order valence-electron chi connectivity index (χ4n) is 3.97. The van der Waals surface area contributed by atoms with Crippen molar-refractivity contribution in [1.82, 2.24) is 9.88 Å². The van der Waals surface area contributed by atoms with E-state index in [2.05, 4.69) is 16.4 Å². The van der Waals surface area contributed by atoms with Crippen LogP contribution in [0.3, 0.4) is 0 Å². The molecule has 7 nitrogen and oxygen atoms in total. The number of benzene rings is 3. The van der Waals surface area contributed by atoms with Crippen LogP contribution in [-0.2, 0) is 11.2 Å². The molecule has 0 aliphatic heterocycles. The molecule has 0 bridgehead atoms. The van der Waals surface area contributed by atoms with E-state index in [9.17, 15) is 10.1 Å². The Kier molecular flexibility index (Phi) is 9.16. The standard InChI is InChI=1S/C31H29ClN4O3/c1-4-38-30-18-28-26(16-21(30)15-24(37)9-8-14-36(2)3)31(22(19-33)20-34-28)35-23-12-13-29(27(32)17-23)39-25-10-6-5-7-11-25/h5-13,16-18,20H,4,14-15H2,1-3H3,(H,34,35)/b9-8+. The maximum atomic E-state index is 12.7. The van der Waals surface area contributed by atoms with Crippen molar-refractivity contribution >= 4 is 39.7 Å². The van der Waals surface area contributed by atoms with Crippen molar-refractivity contribution in [1.29, 1.82) is 5.26 Å². The van der Waals surface area contributed by atoms with Gasteiger partial charge in [-0.15, -0.1) is 0 Å². The number of hydrogen-bond donors (Lipinski definition) is 1. The number of nitrogens with zero attached hydrogens (tertiary/aromatic N) is 3. The Labute approximate surface area is 233 Å². The molecule has 0 aliphatic rings. The van der Waals surface area contributed by atoms with E-state index in [4.69, 9.17) is 21.1 Å². The van der Waals surface area contributed by atoms with Crippen molar-refractivity contribution in [2.75, 3.05) is 32.6 Å². The molecule has 0 atom stereocenters. The number of hydrogen-bond acceptors (Lipinski definition) is 7. The first-order valence-electron chi connectivity index (χ1n) is 12.5. The number of ether oxygens (including phenoxy) is 2. The van der Waals surface area contributed by atoms with E-state index in [1.54, 1.807) is 24.3 Å². The maximum absolute atomic E-state index is 12.7. The highest BCUT2D eigenvalue weighted by Gasteiger charge is 2.16. The highest BCUT2D eigenvalue weighted by molar-refractivity contribution is 6.32. The molecule has 0 spiro atoms. The molecule has 0 radical (unpaired) electrons. The van der Waals surface area contributed by atoms with Crippen LogP contribution in [0.2, 0.25) is 5.02 Å². The smallest absolute Gasteiger partial charge is 0.159 e. The fraction of sp³-hybridized carbons (Fsp3) is 0.194. The van der Waals surface area contributed by atoms with Crippen LogP contribution >= 0.6 is 11.6 Å². The van der Waals surface area contributed by atoms with E-state index in [0.717, 1.165) is 0 Å². The summed E-state index contributed by atoms with van der Waals surface area (Å²) in [6.07, 6.45) is 5.09. The second-order valence-corrected chi connectivity index (χ2v) is 9.47. The average Bonchev–Trinajstić information content (AvgIpc) is 2.91. The first-order valence-corrected chi connectivity index (χ1v) is 12.9. The van der Waals surface area contributed by atoms with Gasteiger partial charge in [0.2, 0.25) is 0 Å². The number of fused-ring (bicyclic) bond motifs is 1. The summed E-state index contributed by atoms with van der Waals surface area (Å²) < 4.78 is 11.7. The van der Waals surface area contributed by atoms with Crippen LogP contribution in [-0.4, -0.2) is 42.9 Å². The van der Waals surface area contributed by atoms with E-state index in [-0.39, 0.29) is 12.2 Å². The predicted octanol–water partition coefficient (Wildman–Crippen LogP) is 6.92. The number of halogens is 1. The van der Waals surface area contributed by atoms with Crippen LogP contribution in [0, 0.1) is 11.3 Å². The molecule has 0 aliphatic carbocycles. The summed E-state index contributed by atoms with van der Waals surface area (Å²) in [6, 6.07) is 20.6. The van der Waals surface area contributed by atoms with Gasteiger partial charge in [0.15, 0.2) is 5.78 Å². The van der Waals surface area contributed by atoms with E-state index < -0.39 is 0 Å². The number of carbonyl (C=O) groups excluding carboxylic acids is 1. The Hall–Kier alpha value is -4.38. The van der Waals surface area contributed by atoms with Crippen LogP contribution in [0.15, 0.2) is 79.0 Å². The highest BCUT2D eigenvalue weighted by Crippen LogP contribution is 2.36. The van der Waals surface area contributed by atoms with Crippen LogP contribution in [0.4, 0.5) is 11.4 Å². The molecule has 4 rings (SSSR count). The van der Waals surface area contributed by atoms with Crippen molar-refractivity contribution < 1.29 is 14.3 Å². The Morgan fingerprint density at radius 3 is 2.62 bits per heavy atom. The SMILES string of the molecule is CCOc1cc2ncc(C#N)c(Nc3ccc(Oc4ccccc4)c(Cl)c3)c2cc1CC(=O)/C=C/CN(C)C. The van der Waals surface area contributed by atoms with Crippen molar-refractivity contribution in [3.05, 3.63) is 95.2 Å². The van der Waals surface area contributed by atoms with Gasteiger partial charge in [-0.1, -0.05) is 35.9 Å². The van der Waals surface area contributed by atoms with Crippen molar-refractivity contribution in [2.24, 2.45) is 0 Å². The summed E-state index contributed by atoms with van der Waals surface area (Å²) in [5, 5.41) is 14.3. The third kappa shape index (κ3) is 7.14. The van der Waals surface area contributed by atoms with Gasteiger partial charge < -0.3 is 19.7 Å². The summed E-state index contributed by atoms with van der Waals surface area (Å²) >= 11 is 6.53. The molecule has 3 aromatic carbocycles. The lowest BCUT2D eigenvalue weighted by atomic mass is 10.0. The minimum absolute atomic E-state index is 0.0446. The lowest BCUT2D eigenvalue weighted by Crippen LogP contribution is -2.11. The van der Waals surface area contributed by atoms with Crippen molar-refractivity contribution in [3.8, 4) is 23.3 Å². The molecule has 8 heteroatoms. The minimum Gasteiger partial charge on any atom is -0.494 e. The molecule has 0 saturated heterocycles. The topological polar surface area (TPSA) is 87.5 Å². The van der Waals surface area contributed by atoms with E-state index in [1.807, 2.05) is 74.5 Å². The number of aromatic nitrogens is 1. The van der Waals surface area contributed by atoms with Gasteiger partial charge in [-0.05, 0) is 63.5 Å². The zero-order valence-electron chi connectivity index (χ0n) is 22.1. The van der Waals surface area contributed by atoms with Gasteiger partial charge in [-0.3, -0.25) is 9.78 Å². The number of rotatable bonds is 11. The summed E-state index contributed by atoms with van der Waals surface area (Å²) in [5.41, 5.74) is 2.94. The fourth-order valence-corrected chi connectivity index (χ4v) is 4.19. The number of para-hydroxylation sites is 1. The van der Waals surface area contributed by atoms with Crippen molar-refractivity contribution in [2.45, 2.75) is 13.3 Å². The molecule has 0 unspecified atom stereocenters. The quantitative estimate of drug-likeness (QED) is 0.206. The second kappa shape index (κ2) is 12.9. The van der Waals surface area contributed by atoms with Crippen molar-refractivity contribution in [3.63, 3.8) is 0 Å². The Morgan fingerprint density at radius 2 is 1.92 bits per heavy atom. The summed E-state index contributed by atoms with van der Waals surface area (Å²) in [4.78, 5) is 19.2. The lowest BCUT2D eigenvalue weighted by molar-refractivity contribution is -0.114. The normalized spacial score (nSPS) is 11.1. The number of likely N-dealkylation sites (N-methyl/N-ethyl adjacent to an activating group) is 1. The first-order chi connectivity index (χ1) is 18.9. The summed E-state index contributed by atoms with van der Waals surface area (Å²) in [6.45, 7) is 3.00. The van der Waals surface area contributed by atoms with Gasteiger partial charge >= 0.3 is 0 Å². The summed E-state index contributed by atoms with van der Waals surface area (Å²) in [5.74, 6) is 1.73.